The van der Waals surface area contributed by atoms with Crippen molar-refractivity contribution in [1.82, 2.24) is 14.8 Å². The topological polar surface area (TPSA) is 59.8 Å². The number of aryl methyl sites for hydroxylation is 2. The van der Waals surface area contributed by atoms with Crippen molar-refractivity contribution in [2.75, 3.05) is 11.1 Å². The molecule has 0 spiro atoms. The van der Waals surface area contributed by atoms with Crippen molar-refractivity contribution in [1.29, 1.82) is 0 Å². The number of hydrogen-bond donors (Lipinski definition) is 1. The smallest absolute Gasteiger partial charge is 0.234 e. The van der Waals surface area contributed by atoms with Gasteiger partial charge in [0.2, 0.25) is 5.91 Å². The second-order valence-electron chi connectivity index (χ2n) is 6.36. The van der Waals surface area contributed by atoms with Crippen LogP contribution in [-0.2, 0) is 17.8 Å². The first-order valence-electron chi connectivity index (χ1n) is 9.23. The molecule has 0 aliphatic carbocycles. The molecular formula is C21H23ClN4OS. The van der Waals surface area contributed by atoms with Crippen molar-refractivity contribution in [3.05, 3.63) is 58.6 Å². The van der Waals surface area contributed by atoms with Crippen molar-refractivity contribution < 1.29 is 4.79 Å². The fraction of sp³-hybridized carbons (Fsp3) is 0.286. The number of amides is 1. The highest BCUT2D eigenvalue weighted by Crippen LogP contribution is 2.26. The van der Waals surface area contributed by atoms with Gasteiger partial charge in [0.25, 0.3) is 0 Å². The van der Waals surface area contributed by atoms with Crippen LogP contribution in [0.2, 0.25) is 5.02 Å². The SMILES string of the molecule is CCc1cccc(C)c1NC(=O)CSc1nnc(-c2ccc(Cl)cc2)n1CC. The molecule has 0 saturated carbocycles. The average Bonchev–Trinajstić information content (AvgIpc) is 3.11. The molecule has 0 unspecified atom stereocenters. The van der Waals surface area contributed by atoms with Gasteiger partial charge in [-0.1, -0.05) is 48.5 Å². The van der Waals surface area contributed by atoms with E-state index >= 15 is 0 Å². The van der Waals surface area contributed by atoms with E-state index in [1.165, 1.54) is 11.8 Å². The largest absolute Gasteiger partial charge is 0.325 e. The Morgan fingerprint density at radius 2 is 1.89 bits per heavy atom. The summed E-state index contributed by atoms with van der Waals surface area (Å²) in [5, 5.41) is 13.0. The van der Waals surface area contributed by atoms with Gasteiger partial charge in [-0.05, 0) is 55.7 Å². The lowest BCUT2D eigenvalue weighted by Gasteiger charge is -2.13. The van der Waals surface area contributed by atoms with E-state index in [0.29, 0.717) is 11.6 Å². The molecule has 1 heterocycles. The molecule has 0 aliphatic heterocycles. The van der Waals surface area contributed by atoms with E-state index in [4.69, 9.17) is 11.6 Å². The maximum Gasteiger partial charge on any atom is 0.234 e. The quantitative estimate of drug-likeness (QED) is 0.538. The molecule has 1 N–H and O–H groups in total. The van der Waals surface area contributed by atoms with E-state index in [2.05, 4.69) is 22.4 Å². The van der Waals surface area contributed by atoms with Crippen molar-refractivity contribution in [2.24, 2.45) is 0 Å². The zero-order valence-electron chi connectivity index (χ0n) is 16.2. The number of thioether (sulfide) groups is 1. The Bertz CT molecular complexity index is 969. The third kappa shape index (κ3) is 4.56. The van der Waals surface area contributed by atoms with Gasteiger partial charge < -0.3 is 9.88 Å². The zero-order chi connectivity index (χ0) is 20.1. The highest BCUT2D eigenvalue weighted by molar-refractivity contribution is 7.99. The summed E-state index contributed by atoms with van der Waals surface area (Å²) in [6, 6.07) is 13.6. The number of para-hydroxylation sites is 1. The Hall–Kier alpha value is -2.31. The molecule has 3 aromatic rings. The van der Waals surface area contributed by atoms with Crippen LogP contribution in [0.4, 0.5) is 5.69 Å². The third-order valence-electron chi connectivity index (χ3n) is 4.47. The Balaban J connectivity index is 1.71. The second kappa shape index (κ2) is 9.26. The van der Waals surface area contributed by atoms with E-state index in [9.17, 15) is 4.79 Å². The monoisotopic (exact) mass is 414 g/mol. The number of halogens is 1. The van der Waals surface area contributed by atoms with Gasteiger partial charge in [0.05, 0.1) is 5.75 Å². The zero-order valence-corrected chi connectivity index (χ0v) is 17.8. The standard InChI is InChI=1S/C21H23ClN4OS/c1-4-15-8-6-7-14(3)19(15)23-18(27)13-28-21-25-24-20(26(21)5-2)16-9-11-17(22)12-10-16/h6-12H,4-5,13H2,1-3H3,(H,23,27). The maximum atomic E-state index is 12.5. The lowest BCUT2D eigenvalue weighted by Crippen LogP contribution is -2.16. The Labute approximate surface area is 174 Å². The fourth-order valence-electron chi connectivity index (χ4n) is 3.00. The number of hydrogen-bond acceptors (Lipinski definition) is 4. The Morgan fingerprint density at radius 3 is 2.57 bits per heavy atom. The van der Waals surface area contributed by atoms with E-state index in [1.54, 1.807) is 0 Å². The van der Waals surface area contributed by atoms with Gasteiger partial charge in [-0.15, -0.1) is 10.2 Å². The summed E-state index contributed by atoms with van der Waals surface area (Å²) in [5.41, 5.74) is 4.07. The molecule has 5 nitrogen and oxygen atoms in total. The van der Waals surface area contributed by atoms with Crippen molar-refractivity contribution >= 4 is 35.0 Å². The number of nitrogens with one attached hydrogen (secondary N) is 1. The molecule has 0 fully saturated rings. The van der Waals surface area contributed by atoms with Crippen molar-refractivity contribution in [2.45, 2.75) is 38.9 Å². The normalized spacial score (nSPS) is 10.9. The number of rotatable bonds is 7. The number of carbonyl (C=O) groups is 1. The summed E-state index contributed by atoms with van der Waals surface area (Å²) < 4.78 is 2.01. The molecule has 7 heteroatoms. The van der Waals surface area contributed by atoms with E-state index in [1.807, 2.05) is 60.9 Å². The molecule has 1 amide bonds. The first-order valence-corrected chi connectivity index (χ1v) is 10.6. The van der Waals surface area contributed by atoms with Gasteiger partial charge in [0.1, 0.15) is 0 Å². The molecule has 28 heavy (non-hydrogen) atoms. The molecule has 2 aromatic carbocycles. The van der Waals surface area contributed by atoms with Crippen LogP contribution in [0.15, 0.2) is 47.6 Å². The van der Waals surface area contributed by atoms with Crippen LogP contribution in [0.1, 0.15) is 25.0 Å². The third-order valence-corrected chi connectivity index (χ3v) is 5.69. The predicted molar refractivity (Wildman–Crippen MR) is 116 cm³/mol. The molecule has 0 bridgehead atoms. The molecule has 0 saturated heterocycles. The lowest BCUT2D eigenvalue weighted by molar-refractivity contribution is -0.113. The molecule has 146 valence electrons. The summed E-state index contributed by atoms with van der Waals surface area (Å²) in [7, 11) is 0. The minimum Gasteiger partial charge on any atom is -0.325 e. The first-order chi connectivity index (χ1) is 13.5. The second-order valence-corrected chi connectivity index (χ2v) is 7.74. The van der Waals surface area contributed by atoms with Crippen LogP contribution in [-0.4, -0.2) is 26.4 Å². The summed E-state index contributed by atoms with van der Waals surface area (Å²) in [6.45, 7) is 6.84. The Kier molecular flexibility index (Phi) is 6.75. The lowest BCUT2D eigenvalue weighted by atomic mass is 10.1. The number of aromatic nitrogens is 3. The van der Waals surface area contributed by atoms with Crippen LogP contribution in [0.5, 0.6) is 0 Å². The van der Waals surface area contributed by atoms with Crippen LogP contribution in [0.3, 0.4) is 0 Å². The van der Waals surface area contributed by atoms with Crippen LogP contribution < -0.4 is 5.32 Å². The Morgan fingerprint density at radius 1 is 1.14 bits per heavy atom. The van der Waals surface area contributed by atoms with Gasteiger partial charge >= 0.3 is 0 Å². The van der Waals surface area contributed by atoms with Gasteiger partial charge in [0.15, 0.2) is 11.0 Å². The van der Waals surface area contributed by atoms with Crippen LogP contribution in [0, 0.1) is 6.92 Å². The summed E-state index contributed by atoms with van der Waals surface area (Å²) in [4.78, 5) is 12.5. The van der Waals surface area contributed by atoms with Crippen molar-refractivity contribution in [3.63, 3.8) is 0 Å². The number of anilines is 1. The van der Waals surface area contributed by atoms with Gasteiger partial charge in [-0.3, -0.25) is 4.79 Å². The number of benzene rings is 2. The highest BCUT2D eigenvalue weighted by atomic mass is 35.5. The number of nitrogens with zero attached hydrogens (tertiary/aromatic N) is 3. The molecular weight excluding hydrogens is 392 g/mol. The first kappa shape index (κ1) is 20.4. The predicted octanol–water partition coefficient (Wildman–Crippen LogP) is 5.22. The van der Waals surface area contributed by atoms with E-state index in [-0.39, 0.29) is 11.7 Å². The van der Waals surface area contributed by atoms with Gasteiger partial charge in [0, 0.05) is 22.8 Å². The summed E-state index contributed by atoms with van der Waals surface area (Å²) in [6.07, 6.45) is 0.874. The van der Waals surface area contributed by atoms with Gasteiger partial charge in [-0.2, -0.15) is 0 Å². The van der Waals surface area contributed by atoms with E-state index < -0.39 is 0 Å². The number of carbonyl (C=O) groups excluding carboxylic acids is 1. The highest BCUT2D eigenvalue weighted by Gasteiger charge is 2.15. The molecule has 0 aliphatic rings. The average molecular weight is 415 g/mol. The minimum atomic E-state index is -0.0484. The molecule has 1 aromatic heterocycles. The minimum absolute atomic E-state index is 0.0484. The fourth-order valence-corrected chi connectivity index (χ4v) is 3.93. The van der Waals surface area contributed by atoms with Crippen molar-refractivity contribution in [3.8, 4) is 11.4 Å². The summed E-state index contributed by atoms with van der Waals surface area (Å²) in [5.74, 6) is 0.998. The van der Waals surface area contributed by atoms with Crippen LogP contribution >= 0.6 is 23.4 Å². The van der Waals surface area contributed by atoms with E-state index in [0.717, 1.165) is 39.8 Å². The maximum absolute atomic E-state index is 12.5. The van der Waals surface area contributed by atoms with Crippen LogP contribution in [0.25, 0.3) is 11.4 Å². The van der Waals surface area contributed by atoms with Gasteiger partial charge in [-0.25, -0.2) is 0 Å². The molecule has 0 atom stereocenters. The molecule has 0 radical (unpaired) electrons. The molecule has 3 rings (SSSR count). The summed E-state index contributed by atoms with van der Waals surface area (Å²) >= 11 is 7.36.